The third-order valence-corrected chi connectivity index (χ3v) is 2.90. The van der Waals surface area contributed by atoms with Crippen LogP contribution in [-0.2, 0) is 28.5 Å². The van der Waals surface area contributed by atoms with Crippen LogP contribution >= 0.6 is 0 Å². The fourth-order valence-corrected chi connectivity index (χ4v) is 2.18. The van der Waals surface area contributed by atoms with E-state index in [1.54, 1.807) is 0 Å². The second-order valence-corrected chi connectivity index (χ2v) is 4.40. The molecule has 0 aliphatic heterocycles. The predicted octanol–water partition coefficient (Wildman–Crippen LogP) is 0.886. The molecule has 4 atom stereocenters. The van der Waals surface area contributed by atoms with Gasteiger partial charge in [-0.1, -0.05) is 0 Å². The molecule has 0 aromatic rings. The molecule has 0 unspecified atom stereocenters. The minimum absolute atomic E-state index is 0.0152. The average Bonchev–Trinajstić information content (AvgIpc) is 2.64. The maximum atomic E-state index is 14.2. The Balaban J connectivity index is 2.55. The molecule has 0 aromatic heterocycles. The highest BCUT2D eigenvalue weighted by Crippen LogP contribution is 2.33. The van der Waals surface area contributed by atoms with Crippen LogP contribution in [0.5, 0.6) is 0 Å². The minimum atomic E-state index is -1.38. The van der Waals surface area contributed by atoms with Crippen molar-refractivity contribution in [2.45, 2.75) is 31.7 Å². The van der Waals surface area contributed by atoms with Crippen molar-refractivity contribution in [3.63, 3.8) is 0 Å². The van der Waals surface area contributed by atoms with Crippen molar-refractivity contribution in [3.05, 3.63) is 0 Å². The summed E-state index contributed by atoms with van der Waals surface area (Å²) in [5.41, 5.74) is 0. The van der Waals surface area contributed by atoms with Gasteiger partial charge in [0.15, 0.2) is 6.17 Å². The predicted molar refractivity (Wildman–Crippen MR) is 63.1 cm³/mol. The highest BCUT2D eigenvalue weighted by Gasteiger charge is 2.46. The summed E-state index contributed by atoms with van der Waals surface area (Å²) in [5.74, 6) is -0.707. The summed E-state index contributed by atoms with van der Waals surface area (Å²) in [6.07, 6.45) is -2.52. The van der Waals surface area contributed by atoms with Crippen molar-refractivity contribution in [1.29, 1.82) is 0 Å². The van der Waals surface area contributed by atoms with Crippen molar-refractivity contribution in [2.24, 2.45) is 5.92 Å². The Morgan fingerprint density at radius 1 is 1.26 bits per heavy atom. The molecule has 19 heavy (non-hydrogen) atoms. The lowest BCUT2D eigenvalue weighted by molar-refractivity contribution is -0.152. The van der Waals surface area contributed by atoms with Crippen LogP contribution < -0.4 is 0 Å². The van der Waals surface area contributed by atoms with E-state index in [-0.39, 0.29) is 26.1 Å². The molecule has 0 saturated heterocycles. The molecule has 0 radical (unpaired) electrons. The summed E-state index contributed by atoms with van der Waals surface area (Å²) >= 11 is 0. The van der Waals surface area contributed by atoms with E-state index in [0.717, 1.165) is 0 Å². The van der Waals surface area contributed by atoms with Crippen LogP contribution in [0.25, 0.3) is 0 Å². The molecule has 1 aliphatic rings. The van der Waals surface area contributed by atoms with Gasteiger partial charge in [0.2, 0.25) is 0 Å². The van der Waals surface area contributed by atoms with Gasteiger partial charge in [-0.05, 0) is 6.42 Å². The van der Waals surface area contributed by atoms with Crippen LogP contribution in [0.2, 0.25) is 0 Å². The van der Waals surface area contributed by atoms with E-state index in [1.807, 2.05) is 0 Å². The smallest absolute Gasteiger partial charge is 0.303 e. The summed E-state index contributed by atoms with van der Waals surface area (Å²) in [4.78, 5) is 10.9. The largest absolute Gasteiger partial charge is 0.459 e. The second-order valence-electron chi connectivity index (χ2n) is 4.40. The number of esters is 1. The van der Waals surface area contributed by atoms with Gasteiger partial charge < -0.3 is 23.7 Å². The maximum Gasteiger partial charge on any atom is 0.303 e. The van der Waals surface area contributed by atoms with E-state index in [1.165, 1.54) is 21.1 Å². The lowest BCUT2D eigenvalue weighted by Gasteiger charge is -2.21. The second kappa shape index (κ2) is 8.42. The first-order valence-electron chi connectivity index (χ1n) is 6.08. The van der Waals surface area contributed by atoms with Crippen molar-refractivity contribution >= 4 is 5.97 Å². The zero-order valence-electron chi connectivity index (χ0n) is 11.5. The van der Waals surface area contributed by atoms with Gasteiger partial charge in [0.25, 0.3) is 0 Å². The fraction of sp³-hybridized carbons (Fsp3) is 0.917. The van der Waals surface area contributed by atoms with E-state index in [4.69, 9.17) is 23.7 Å². The Kier molecular flexibility index (Phi) is 7.22. The molecular formula is C12H21FO6. The standard InChI is InChI=1S/C12H21FO6/c1-8(14)19-10-4-9(5-17-6-15-2)12(11(10)13)18-7-16-3/h9-12H,4-7H2,1-3H3/t9-,10-,11+,12-/m1/s1. The number of hydrogen-bond acceptors (Lipinski definition) is 6. The topological polar surface area (TPSA) is 63.2 Å². The first kappa shape index (κ1) is 16.3. The Morgan fingerprint density at radius 3 is 2.53 bits per heavy atom. The molecule has 0 heterocycles. The normalized spacial score (nSPS) is 30.5. The lowest BCUT2D eigenvalue weighted by Crippen LogP contribution is -2.33. The zero-order valence-corrected chi connectivity index (χ0v) is 11.5. The highest BCUT2D eigenvalue weighted by atomic mass is 19.1. The molecule has 0 N–H and O–H groups in total. The van der Waals surface area contributed by atoms with Gasteiger partial charge in [-0.15, -0.1) is 0 Å². The molecule has 112 valence electrons. The minimum Gasteiger partial charge on any atom is -0.459 e. The molecule has 0 spiro atoms. The van der Waals surface area contributed by atoms with Crippen molar-refractivity contribution in [2.75, 3.05) is 34.4 Å². The van der Waals surface area contributed by atoms with Gasteiger partial charge in [-0.25, -0.2) is 4.39 Å². The summed E-state index contributed by atoms with van der Waals surface area (Å²) in [6, 6.07) is 0. The Morgan fingerprint density at radius 2 is 1.95 bits per heavy atom. The van der Waals surface area contributed by atoms with Crippen LogP contribution in [0.3, 0.4) is 0 Å². The quantitative estimate of drug-likeness (QED) is 0.374. The molecule has 6 nitrogen and oxygen atoms in total. The zero-order chi connectivity index (χ0) is 14.3. The van der Waals surface area contributed by atoms with Crippen molar-refractivity contribution in [3.8, 4) is 0 Å². The van der Waals surface area contributed by atoms with Crippen LogP contribution in [0.1, 0.15) is 13.3 Å². The van der Waals surface area contributed by atoms with E-state index >= 15 is 0 Å². The van der Waals surface area contributed by atoms with Gasteiger partial charge in [0.05, 0.1) is 6.61 Å². The first-order valence-corrected chi connectivity index (χ1v) is 6.08. The number of hydrogen-bond donors (Lipinski definition) is 0. The van der Waals surface area contributed by atoms with Crippen molar-refractivity contribution < 1.29 is 32.9 Å². The average molecular weight is 280 g/mol. The number of carbonyl (C=O) groups is 1. The fourth-order valence-electron chi connectivity index (χ4n) is 2.18. The number of carbonyl (C=O) groups excluding carboxylic acids is 1. The number of methoxy groups -OCH3 is 2. The number of ether oxygens (including phenoxy) is 5. The van der Waals surface area contributed by atoms with Crippen LogP contribution in [0.4, 0.5) is 4.39 Å². The summed E-state index contributed by atoms with van der Waals surface area (Å²) in [6.45, 7) is 1.65. The summed E-state index contributed by atoms with van der Waals surface area (Å²) < 4.78 is 39.2. The van der Waals surface area contributed by atoms with Crippen molar-refractivity contribution in [1.82, 2.24) is 0 Å². The number of alkyl halides is 1. The van der Waals surface area contributed by atoms with Crippen LogP contribution in [0.15, 0.2) is 0 Å². The molecule has 1 fully saturated rings. The summed E-state index contributed by atoms with van der Waals surface area (Å²) in [7, 11) is 2.97. The molecular weight excluding hydrogens is 259 g/mol. The monoisotopic (exact) mass is 280 g/mol. The van der Waals surface area contributed by atoms with E-state index in [0.29, 0.717) is 6.42 Å². The molecule has 0 bridgehead atoms. The third kappa shape index (κ3) is 5.02. The lowest BCUT2D eigenvalue weighted by atomic mass is 10.1. The molecule has 1 rings (SSSR count). The molecule has 1 aliphatic carbocycles. The van der Waals surface area contributed by atoms with Gasteiger partial charge in [0, 0.05) is 27.1 Å². The Bertz CT molecular complexity index is 275. The molecule has 7 heteroatoms. The number of halogens is 1. The van der Waals surface area contributed by atoms with Crippen LogP contribution in [0, 0.1) is 5.92 Å². The van der Waals surface area contributed by atoms with Gasteiger partial charge in [-0.2, -0.15) is 0 Å². The SMILES string of the molecule is COCOC[C@H]1C[C@@H](OC(C)=O)[C@H](F)[C@@H]1OCOC. The Labute approximate surface area is 112 Å². The summed E-state index contributed by atoms with van der Waals surface area (Å²) in [5, 5.41) is 0. The highest BCUT2D eigenvalue weighted by molar-refractivity contribution is 5.66. The first-order chi connectivity index (χ1) is 9.10. The van der Waals surface area contributed by atoms with E-state index in [2.05, 4.69) is 0 Å². The van der Waals surface area contributed by atoms with E-state index < -0.39 is 24.3 Å². The van der Waals surface area contributed by atoms with Gasteiger partial charge >= 0.3 is 5.97 Å². The maximum absolute atomic E-state index is 14.2. The molecule has 1 saturated carbocycles. The van der Waals surface area contributed by atoms with E-state index in [9.17, 15) is 9.18 Å². The van der Waals surface area contributed by atoms with Crippen LogP contribution in [-0.4, -0.2) is 58.8 Å². The third-order valence-electron chi connectivity index (χ3n) is 2.90. The number of rotatable bonds is 8. The molecule has 0 amide bonds. The molecule has 0 aromatic carbocycles. The Hall–Kier alpha value is -0.760. The van der Waals surface area contributed by atoms with Gasteiger partial charge in [0.1, 0.15) is 25.8 Å². The van der Waals surface area contributed by atoms with Gasteiger partial charge in [-0.3, -0.25) is 4.79 Å².